The normalized spacial score (nSPS) is 20.4. The van der Waals surface area contributed by atoms with Crippen LogP contribution < -0.4 is 16.3 Å². The number of carbonyl (C=O) groups excluding carboxylic acids is 1. The smallest absolute Gasteiger partial charge is 0.258 e. The molecule has 1 saturated heterocycles. The van der Waals surface area contributed by atoms with Crippen molar-refractivity contribution in [2.45, 2.75) is 18.5 Å². The van der Waals surface area contributed by atoms with Crippen LogP contribution in [-0.4, -0.2) is 33.2 Å². The quantitative estimate of drug-likeness (QED) is 0.528. The van der Waals surface area contributed by atoms with Crippen LogP contribution in [-0.2, 0) is 11.8 Å². The number of carbonyl (C=O) groups is 1. The third kappa shape index (κ3) is 4.01. The van der Waals surface area contributed by atoms with Gasteiger partial charge in [0.15, 0.2) is 0 Å². The minimum Gasteiger partial charge on any atom is -0.412 e. The number of pyridine rings is 1. The number of hydrogen-bond acceptors (Lipinski definition) is 5. The molecule has 2 aromatic heterocycles. The van der Waals surface area contributed by atoms with Crippen LogP contribution in [0.4, 0.5) is 0 Å². The van der Waals surface area contributed by atoms with Crippen LogP contribution in [0.3, 0.4) is 0 Å². The molecular weight excluding hydrogens is 296 g/mol. The molecule has 0 saturated carbocycles. The Morgan fingerprint density at radius 3 is 3.00 bits per heavy atom. The summed E-state index contributed by atoms with van der Waals surface area (Å²) in [5, 5.41) is 3.95. The second kappa shape index (κ2) is 7.63. The Bertz CT molecular complexity index is 670. The Morgan fingerprint density at radius 1 is 1.43 bits per heavy atom. The number of hydrazone groups is 1. The fraction of sp³-hybridized carbons (Fsp3) is 0.267. The van der Waals surface area contributed by atoms with Crippen molar-refractivity contribution in [2.24, 2.45) is 12.1 Å². The van der Waals surface area contributed by atoms with Crippen molar-refractivity contribution in [3.05, 3.63) is 54.1 Å². The Labute approximate surface area is 133 Å². The highest BCUT2D eigenvalue weighted by Crippen LogP contribution is 2.22. The lowest BCUT2D eigenvalue weighted by Gasteiger charge is -2.10. The van der Waals surface area contributed by atoms with Gasteiger partial charge >= 0.3 is 0 Å². The van der Waals surface area contributed by atoms with Crippen molar-refractivity contribution < 1.29 is 10.3 Å². The molecule has 8 heteroatoms. The molecule has 1 amide bonds. The fourth-order valence-electron chi connectivity index (χ4n) is 2.46. The van der Waals surface area contributed by atoms with E-state index in [4.69, 9.17) is 0 Å². The molecule has 0 aliphatic carbocycles. The summed E-state index contributed by atoms with van der Waals surface area (Å²) in [5.74, 6) is -0.163. The van der Waals surface area contributed by atoms with Gasteiger partial charge in [-0.15, -0.1) is 0 Å². The highest BCUT2D eigenvalue weighted by Gasteiger charge is 2.30. The first-order valence-corrected chi connectivity index (χ1v) is 7.09. The molecule has 23 heavy (non-hydrogen) atoms. The van der Waals surface area contributed by atoms with E-state index in [0.717, 1.165) is 11.3 Å². The standard InChI is InChI=1S/C15H18N6O.H2O/c1-21-7-3-5-14(21)12-8-13(19-18-12)15(22)20-17-10-11-4-2-6-16-9-11;/h2-7,9-10,12-13,18-19H,8H2,1H3,(H,20,22);1H2/b17-10+;. The van der Waals surface area contributed by atoms with Gasteiger partial charge in [-0.1, -0.05) is 6.07 Å². The second-order valence-corrected chi connectivity index (χ2v) is 5.19. The number of hydrogen-bond donors (Lipinski definition) is 3. The van der Waals surface area contributed by atoms with Gasteiger partial charge in [-0.3, -0.25) is 9.78 Å². The average molecular weight is 316 g/mol. The zero-order valence-corrected chi connectivity index (χ0v) is 12.7. The zero-order valence-electron chi connectivity index (χ0n) is 12.7. The number of amides is 1. The summed E-state index contributed by atoms with van der Waals surface area (Å²) in [5.41, 5.74) is 10.7. The predicted molar refractivity (Wildman–Crippen MR) is 86.4 cm³/mol. The maximum atomic E-state index is 12.1. The molecule has 2 aromatic rings. The van der Waals surface area contributed by atoms with Crippen LogP contribution in [0.2, 0.25) is 0 Å². The summed E-state index contributed by atoms with van der Waals surface area (Å²) in [6, 6.07) is 7.51. The molecule has 0 radical (unpaired) electrons. The minimum atomic E-state index is -0.314. The highest BCUT2D eigenvalue weighted by atomic mass is 16.2. The van der Waals surface area contributed by atoms with Crippen LogP contribution >= 0.6 is 0 Å². The summed E-state index contributed by atoms with van der Waals surface area (Å²) in [6.07, 6.45) is 7.60. The van der Waals surface area contributed by atoms with Crippen molar-refractivity contribution in [1.29, 1.82) is 0 Å². The molecule has 122 valence electrons. The Morgan fingerprint density at radius 2 is 2.30 bits per heavy atom. The van der Waals surface area contributed by atoms with E-state index in [1.807, 2.05) is 42.1 Å². The summed E-state index contributed by atoms with van der Waals surface area (Å²) in [6.45, 7) is 0. The lowest BCUT2D eigenvalue weighted by molar-refractivity contribution is -0.122. The van der Waals surface area contributed by atoms with E-state index in [2.05, 4.69) is 26.4 Å². The number of nitrogens with one attached hydrogen (secondary N) is 3. The Balaban J connectivity index is 0.00000192. The van der Waals surface area contributed by atoms with Crippen molar-refractivity contribution >= 4 is 12.1 Å². The van der Waals surface area contributed by atoms with E-state index in [-0.39, 0.29) is 23.5 Å². The van der Waals surface area contributed by atoms with Gasteiger partial charge in [-0.25, -0.2) is 16.3 Å². The van der Waals surface area contributed by atoms with Crippen LogP contribution in [0.15, 0.2) is 48.0 Å². The van der Waals surface area contributed by atoms with E-state index in [1.54, 1.807) is 18.6 Å². The van der Waals surface area contributed by atoms with Crippen molar-refractivity contribution in [3.63, 3.8) is 0 Å². The van der Waals surface area contributed by atoms with Crippen LogP contribution in [0, 0.1) is 0 Å². The molecule has 8 nitrogen and oxygen atoms in total. The van der Waals surface area contributed by atoms with Crippen LogP contribution in [0.25, 0.3) is 0 Å². The van der Waals surface area contributed by atoms with Gasteiger partial charge in [0.05, 0.1) is 12.3 Å². The molecule has 2 atom stereocenters. The number of aromatic nitrogens is 2. The number of hydrazine groups is 1. The monoisotopic (exact) mass is 316 g/mol. The summed E-state index contributed by atoms with van der Waals surface area (Å²) in [7, 11) is 1.99. The minimum absolute atomic E-state index is 0. The summed E-state index contributed by atoms with van der Waals surface area (Å²) in [4.78, 5) is 16.1. The summed E-state index contributed by atoms with van der Waals surface area (Å²) >= 11 is 0. The van der Waals surface area contributed by atoms with Gasteiger partial charge in [0.1, 0.15) is 6.04 Å². The molecular formula is C15H20N6O2. The van der Waals surface area contributed by atoms with E-state index in [0.29, 0.717) is 6.42 Å². The molecule has 0 bridgehead atoms. The molecule has 3 heterocycles. The van der Waals surface area contributed by atoms with Gasteiger partial charge in [0, 0.05) is 36.9 Å². The van der Waals surface area contributed by atoms with Crippen LogP contribution in [0.1, 0.15) is 23.7 Å². The summed E-state index contributed by atoms with van der Waals surface area (Å²) < 4.78 is 2.04. The SMILES string of the molecule is Cn1cccc1C1CC(C(=O)N/N=C/c2cccnc2)NN1.O. The molecule has 1 fully saturated rings. The third-order valence-electron chi connectivity index (χ3n) is 3.63. The van der Waals surface area contributed by atoms with E-state index < -0.39 is 0 Å². The first-order valence-electron chi connectivity index (χ1n) is 7.09. The molecule has 3 rings (SSSR count). The maximum absolute atomic E-state index is 12.1. The Kier molecular flexibility index (Phi) is 5.58. The van der Waals surface area contributed by atoms with Crippen molar-refractivity contribution in [3.8, 4) is 0 Å². The predicted octanol–water partition coefficient (Wildman–Crippen LogP) is -0.347. The number of rotatable bonds is 4. The van der Waals surface area contributed by atoms with Gasteiger partial charge in [-0.2, -0.15) is 5.10 Å². The van der Waals surface area contributed by atoms with Gasteiger partial charge in [0.25, 0.3) is 5.91 Å². The maximum Gasteiger partial charge on any atom is 0.258 e. The third-order valence-corrected chi connectivity index (χ3v) is 3.63. The molecule has 0 spiro atoms. The Hall–Kier alpha value is -2.55. The topological polar surface area (TPSA) is 115 Å². The van der Waals surface area contributed by atoms with Crippen LogP contribution in [0.5, 0.6) is 0 Å². The van der Waals surface area contributed by atoms with Crippen molar-refractivity contribution in [2.75, 3.05) is 0 Å². The van der Waals surface area contributed by atoms with Gasteiger partial charge in [-0.05, 0) is 24.6 Å². The van der Waals surface area contributed by atoms with E-state index in [1.165, 1.54) is 0 Å². The molecule has 0 aromatic carbocycles. The second-order valence-electron chi connectivity index (χ2n) is 5.19. The molecule has 5 N–H and O–H groups in total. The lowest BCUT2D eigenvalue weighted by Crippen LogP contribution is -2.41. The van der Waals surface area contributed by atoms with E-state index >= 15 is 0 Å². The first kappa shape index (κ1) is 16.8. The highest BCUT2D eigenvalue weighted by molar-refractivity contribution is 5.84. The number of nitrogens with zero attached hydrogens (tertiary/aromatic N) is 3. The van der Waals surface area contributed by atoms with Gasteiger partial charge in [0.2, 0.25) is 0 Å². The largest absolute Gasteiger partial charge is 0.412 e. The lowest BCUT2D eigenvalue weighted by atomic mass is 10.1. The zero-order chi connectivity index (χ0) is 15.4. The van der Waals surface area contributed by atoms with E-state index in [9.17, 15) is 4.79 Å². The molecule has 1 aliphatic heterocycles. The molecule has 2 unspecified atom stereocenters. The van der Waals surface area contributed by atoms with Gasteiger partial charge < -0.3 is 10.0 Å². The average Bonchev–Trinajstić information content (AvgIpc) is 3.17. The number of aryl methyl sites for hydroxylation is 1. The van der Waals surface area contributed by atoms with Crippen molar-refractivity contribution in [1.82, 2.24) is 25.8 Å². The molecule has 1 aliphatic rings. The first-order chi connectivity index (χ1) is 10.7. The fourth-order valence-corrected chi connectivity index (χ4v) is 2.46.